The van der Waals surface area contributed by atoms with Gasteiger partial charge in [0.1, 0.15) is 0 Å². The number of nitrogens with zero attached hydrogens (tertiary/aromatic N) is 4. The van der Waals surface area contributed by atoms with Gasteiger partial charge in [-0.15, -0.1) is 24.0 Å². The van der Waals surface area contributed by atoms with Crippen molar-refractivity contribution in [3.63, 3.8) is 0 Å². The van der Waals surface area contributed by atoms with E-state index in [9.17, 15) is 0 Å². The fourth-order valence-corrected chi connectivity index (χ4v) is 4.31. The summed E-state index contributed by atoms with van der Waals surface area (Å²) in [6.45, 7) is 8.60. The summed E-state index contributed by atoms with van der Waals surface area (Å²) in [7, 11) is 3.85. The van der Waals surface area contributed by atoms with Crippen molar-refractivity contribution < 1.29 is 0 Å². The molecule has 0 aromatic carbocycles. The van der Waals surface area contributed by atoms with E-state index in [0.29, 0.717) is 6.04 Å². The van der Waals surface area contributed by atoms with Crippen molar-refractivity contribution in [3.05, 3.63) is 17.0 Å². The second kappa shape index (κ2) is 9.92. The summed E-state index contributed by atoms with van der Waals surface area (Å²) in [6.07, 6.45) is 6.94. The molecule has 2 fully saturated rings. The first-order chi connectivity index (χ1) is 12.1. The Kier molecular flexibility index (Phi) is 8.19. The number of aliphatic imine (C=N–C) groups is 1. The quantitative estimate of drug-likeness (QED) is 0.392. The van der Waals surface area contributed by atoms with E-state index in [1.165, 1.54) is 56.5 Å². The zero-order valence-electron chi connectivity index (χ0n) is 16.7. The van der Waals surface area contributed by atoms with Crippen LogP contribution in [0.1, 0.15) is 49.1 Å². The van der Waals surface area contributed by atoms with Crippen LogP contribution in [-0.4, -0.2) is 53.4 Å². The maximum absolute atomic E-state index is 4.49. The maximum atomic E-state index is 4.49. The fourth-order valence-electron chi connectivity index (χ4n) is 4.31. The van der Waals surface area contributed by atoms with Gasteiger partial charge in [0.2, 0.25) is 0 Å². The largest absolute Gasteiger partial charge is 0.352 e. The minimum atomic E-state index is 0. The molecule has 3 rings (SSSR count). The molecule has 1 aromatic heterocycles. The summed E-state index contributed by atoms with van der Waals surface area (Å²) in [6, 6.07) is 0.503. The lowest BCUT2D eigenvalue weighted by Crippen LogP contribution is -2.44. The van der Waals surface area contributed by atoms with Gasteiger partial charge in [-0.05, 0) is 39.0 Å². The minimum absolute atomic E-state index is 0. The summed E-state index contributed by atoms with van der Waals surface area (Å²) in [4.78, 5) is 7.05. The molecule has 2 N–H and O–H groups in total. The van der Waals surface area contributed by atoms with Gasteiger partial charge in [0.25, 0.3) is 0 Å². The Labute approximate surface area is 175 Å². The van der Waals surface area contributed by atoms with Crippen molar-refractivity contribution in [2.75, 3.05) is 26.7 Å². The van der Waals surface area contributed by atoms with E-state index in [-0.39, 0.29) is 24.0 Å². The Bertz CT molecular complexity index is 605. The average molecular weight is 474 g/mol. The predicted octanol–water partition coefficient (Wildman–Crippen LogP) is 2.58. The summed E-state index contributed by atoms with van der Waals surface area (Å²) < 4.78 is 1.94. The van der Waals surface area contributed by atoms with Crippen molar-refractivity contribution in [2.24, 2.45) is 18.0 Å². The number of hydrogen-bond acceptors (Lipinski definition) is 3. The normalized spacial score (nSPS) is 21.8. The summed E-state index contributed by atoms with van der Waals surface area (Å²) >= 11 is 0. The van der Waals surface area contributed by atoms with Gasteiger partial charge in [-0.25, -0.2) is 0 Å². The van der Waals surface area contributed by atoms with Crippen LogP contribution in [0, 0.1) is 19.8 Å². The highest BCUT2D eigenvalue weighted by Gasteiger charge is 2.26. The van der Waals surface area contributed by atoms with E-state index >= 15 is 0 Å². The van der Waals surface area contributed by atoms with Crippen molar-refractivity contribution in [1.82, 2.24) is 25.3 Å². The molecule has 1 saturated carbocycles. The summed E-state index contributed by atoms with van der Waals surface area (Å²) in [5, 5.41) is 11.6. The lowest BCUT2D eigenvalue weighted by Gasteiger charge is -2.21. The molecule has 0 spiro atoms. The van der Waals surface area contributed by atoms with Crippen molar-refractivity contribution in [1.29, 1.82) is 0 Å². The maximum Gasteiger partial charge on any atom is 0.191 e. The van der Waals surface area contributed by atoms with Crippen molar-refractivity contribution in [2.45, 2.75) is 58.5 Å². The van der Waals surface area contributed by atoms with E-state index < -0.39 is 0 Å². The fraction of sp³-hybridized carbons (Fsp3) is 0.789. The molecule has 0 amide bonds. The molecule has 26 heavy (non-hydrogen) atoms. The van der Waals surface area contributed by atoms with Gasteiger partial charge >= 0.3 is 0 Å². The minimum Gasteiger partial charge on any atom is -0.352 e. The van der Waals surface area contributed by atoms with E-state index in [0.717, 1.165) is 30.7 Å². The molecule has 6 nitrogen and oxygen atoms in total. The van der Waals surface area contributed by atoms with Gasteiger partial charge in [0, 0.05) is 57.6 Å². The van der Waals surface area contributed by atoms with Crippen molar-refractivity contribution >= 4 is 29.9 Å². The smallest absolute Gasteiger partial charge is 0.191 e. The molecule has 1 aliphatic carbocycles. The molecule has 7 heteroatoms. The third-order valence-electron chi connectivity index (χ3n) is 5.92. The molecule has 2 heterocycles. The molecule has 1 saturated heterocycles. The third kappa shape index (κ3) is 5.34. The monoisotopic (exact) mass is 474 g/mol. The first-order valence-electron chi connectivity index (χ1n) is 9.75. The molecular formula is C19H35IN6. The Hall–Kier alpha value is -0.830. The summed E-state index contributed by atoms with van der Waals surface area (Å²) in [5.41, 5.74) is 3.57. The van der Waals surface area contributed by atoms with Crippen LogP contribution in [0.2, 0.25) is 0 Å². The number of hydrogen-bond donors (Lipinski definition) is 2. The van der Waals surface area contributed by atoms with Crippen LogP contribution in [0.4, 0.5) is 0 Å². The molecule has 1 atom stereocenters. The molecule has 148 valence electrons. The molecule has 1 unspecified atom stereocenters. The van der Waals surface area contributed by atoms with E-state index in [1.807, 2.05) is 18.8 Å². The molecule has 1 aliphatic heterocycles. The lowest BCUT2D eigenvalue weighted by atomic mass is 10.1. The van der Waals surface area contributed by atoms with Crippen LogP contribution in [0.15, 0.2) is 4.99 Å². The SMILES string of the molecule is CN=C(NCc1c(C)nn(C)c1C)NC1CCN(CC2CCCC2)C1.I. The molecule has 0 radical (unpaired) electrons. The van der Waals surface area contributed by atoms with Crippen LogP contribution in [-0.2, 0) is 13.6 Å². The number of nitrogens with one attached hydrogen (secondary N) is 2. The van der Waals surface area contributed by atoms with E-state index in [1.54, 1.807) is 0 Å². The lowest BCUT2D eigenvalue weighted by molar-refractivity contribution is 0.275. The molecule has 1 aromatic rings. The van der Waals surface area contributed by atoms with Gasteiger partial charge in [0.15, 0.2) is 5.96 Å². The number of halogens is 1. The van der Waals surface area contributed by atoms with Gasteiger partial charge < -0.3 is 15.5 Å². The Balaban J connectivity index is 0.00000243. The van der Waals surface area contributed by atoms with Gasteiger partial charge in [-0.3, -0.25) is 9.67 Å². The van der Waals surface area contributed by atoms with Crippen LogP contribution in [0.25, 0.3) is 0 Å². The van der Waals surface area contributed by atoms with Crippen LogP contribution >= 0.6 is 24.0 Å². The zero-order chi connectivity index (χ0) is 17.8. The second-order valence-electron chi connectivity index (χ2n) is 7.74. The van der Waals surface area contributed by atoms with E-state index in [4.69, 9.17) is 0 Å². The first-order valence-corrected chi connectivity index (χ1v) is 9.75. The van der Waals surface area contributed by atoms with Crippen LogP contribution in [0.5, 0.6) is 0 Å². The summed E-state index contributed by atoms with van der Waals surface area (Å²) in [5.74, 6) is 1.84. The van der Waals surface area contributed by atoms with Gasteiger partial charge in [-0.1, -0.05) is 12.8 Å². The highest BCUT2D eigenvalue weighted by Crippen LogP contribution is 2.26. The second-order valence-corrected chi connectivity index (χ2v) is 7.74. The highest BCUT2D eigenvalue weighted by molar-refractivity contribution is 14.0. The molecular weight excluding hydrogens is 439 g/mol. The number of likely N-dealkylation sites (tertiary alicyclic amines) is 1. The highest BCUT2D eigenvalue weighted by atomic mass is 127. The average Bonchev–Trinajstić information content (AvgIpc) is 3.30. The molecule has 0 bridgehead atoms. The van der Waals surface area contributed by atoms with Gasteiger partial charge in [-0.2, -0.15) is 5.10 Å². The van der Waals surface area contributed by atoms with Crippen LogP contribution < -0.4 is 10.6 Å². The molecule has 2 aliphatic rings. The first kappa shape index (κ1) is 21.5. The topological polar surface area (TPSA) is 57.5 Å². The third-order valence-corrected chi connectivity index (χ3v) is 5.92. The number of guanidine groups is 1. The van der Waals surface area contributed by atoms with E-state index in [2.05, 4.69) is 39.5 Å². The zero-order valence-corrected chi connectivity index (χ0v) is 19.0. The number of aryl methyl sites for hydroxylation is 2. The van der Waals surface area contributed by atoms with Gasteiger partial charge in [0.05, 0.1) is 5.69 Å². The Morgan fingerprint density at radius 1 is 1.23 bits per heavy atom. The standard InChI is InChI=1S/C19H34N6.HI/c1-14-18(15(2)24(4)23-14)11-21-19(20-3)22-17-9-10-25(13-17)12-16-7-5-6-8-16;/h16-17H,5-13H2,1-4H3,(H2,20,21,22);1H. The van der Waals surface area contributed by atoms with Crippen LogP contribution in [0.3, 0.4) is 0 Å². The van der Waals surface area contributed by atoms with Crippen molar-refractivity contribution in [3.8, 4) is 0 Å². The predicted molar refractivity (Wildman–Crippen MR) is 118 cm³/mol. The number of aromatic nitrogens is 2. The Morgan fingerprint density at radius 3 is 2.58 bits per heavy atom. The number of rotatable bonds is 5. The Morgan fingerprint density at radius 2 is 1.96 bits per heavy atom.